The molecule has 12 aromatic rings. The molecule has 0 fully saturated rings. The van der Waals surface area contributed by atoms with Crippen molar-refractivity contribution in [2.45, 2.75) is 0 Å². The SMILES string of the molecule is C(#Cc1cc(-c2c3ccccc3cc3ccccc23)c2ccc3c(-c4c5ccccc5cc5ccccc45)cc(C#Cc4ccccc4)c4ccc1c2c43)c1ccccc1. The van der Waals surface area contributed by atoms with Crippen LogP contribution in [0.5, 0.6) is 0 Å². The van der Waals surface area contributed by atoms with E-state index in [0.717, 1.165) is 33.0 Å². The lowest BCUT2D eigenvalue weighted by Crippen LogP contribution is -1.96. The summed E-state index contributed by atoms with van der Waals surface area (Å²) in [5.41, 5.74) is 8.81. The van der Waals surface area contributed by atoms with Gasteiger partial charge in [-0.15, -0.1) is 0 Å². The van der Waals surface area contributed by atoms with Gasteiger partial charge in [0.25, 0.3) is 0 Å². The molecular formula is C60H34. The Labute approximate surface area is 348 Å². The van der Waals surface area contributed by atoms with Crippen LogP contribution < -0.4 is 0 Å². The van der Waals surface area contributed by atoms with Crippen LogP contribution in [-0.4, -0.2) is 0 Å². The van der Waals surface area contributed by atoms with Gasteiger partial charge in [-0.2, -0.15) is 0 Å². The average molecular weight is 755 g/mol. The van der Waals surface area contributed by atoms with Crippen molar-refractivity contribution in [3.05, 3.63) is 229 Å². The summed E-state index contributed by atoms with van der Waals surface area (Å²) in [6, 6.07) is 74.5. The number of fused-ring (bicyclic) bond motifs is 4. The minimum absolute atomic E-state index is 0.990. The van der Waals surface area contributed by atoms with Crippen LogP contribution in [0.25, 0.3) is 97.7 Å². The first-order valence-corrected chi connectivity index (χ1v) is 20.5. The quantitative estimate of drug-likeness (QED) is 0.0937. The summed E-state index contributed by atoms with van der Waals surface area (Å²) >= 11 is 0. The molecule has 12 aromatic carbocycles. The molecule has 60 heavy (non-hydrogen) atoms. The Hall–Kier alpha value is -8.16. The summed E-state index contributed by atoms with van der Waals surface area (Å²) < 4.78 is 0. The molecule has 0 amide bonds. The summed E-state index contributed by atoms with van der Waals surface area (Å²) in [7, 11) is 0. The van der Waals surface area contributed by atoms with E-state index in [-0.39, 0.29) is 0 Å². The molecule has 0 radical (unpaired) electrons. The molecule has 0 atom stereocenters. The lowest BCUT2D eigenvalue weighted by molar-refractivity contribution is 1.64. The average Bonchev–Trinajstić information content (AvgIpc) is 3.31. The van der Waals surface area contributed by atoms with Crippen molar-refractivity contribution in [1.29, 1.82) is 0 Å². The van der Waals surface area contributed by atoms with E-state index in [9.17, 15) is 0 Å². The van der Waals surface area contributed by atoms with Gasteiger partial charge in [0.1, 0.15) is 0 Å². The maximum absolute atomic E-state index is 3.70. The lowest BCUT2D eigenvalue weighted by atomic mass is 9.81. The summed E-state index contributed by atoms with van der Waals surface area (Å²) in [6.45, 7) is 0. The van der Waals surface area contributed by atoms with E-state index in [1.165, 1.54) is 86.9 Å². The van der Waals surface area contributed by atoms with Gasteiger partial charge in [0.15, 0.2) is 0 Å². The lowest BCUT2D eigenvalue weighted by Gasteiger charge is -2.21. The first-order valence-electron chi connectivity index (χ1n) is 20.5. The molecule has 0 unspecified atom stereocenters. The molecule has 0 heterocycles. The number of benzene rings is 12. The molecule has 0 N–H and O–H groups in total. The second-order valence-corrected chi connectivity index (χ2v) is 15.6. The monoisotopic (exact) mass is 754 g/mol. The van der Waals surface area contributed by atoms with Crippen LogP contribution in [0.4, 0.5) is 0 Å². The van der Waals surface area contributed by atoms with Crippen LogP contribution in [-0.2, 0) is 0 Å². The Bertz CT molecular complexity index is 3450. The Kier molecular flexibility index (Phi) is 7.78. The maximum Gasteiger partial charge on any atom is 0.0334 e. The molecule has 0 aromatic heterocycles. The number of hydrogen-bond donors (Lipinski definition) is 0. The minimum atomic E-state index is 0.990. The second-order valence-electron chi connectivity index (χ2n) is 15.6. The largest absolute Gasteiger partial charge is 0.0622 e. The predicted molar refractivity (Wildman–Crippen MR) is 256 cm³/mol. The van der Waals surface area contributed by atoms with E-state index in [1.807, 2.05) is 12.1 Å². The fourth-order valence-electron chi connectivity index (χ4n) is 9.54. The molecule has 274 valence electrons. The first kappa shape index (κ1) is 33.9. The van der Waals surface area contributed by atoms with Crippen molar-refractivity contribution in [2.75, 3.05) is 0 Å². The fraction of sp³-hybridized carbons (Fsp3) is 0. The standard InChI is InChI=1S/C60H34/c1-3-15-39(16-4-1)27-29-45-37-55(57-47-23-11-7-19-41(47)35-42-20-8-12-24-48(42)57)53-33-34-54-56(58-49-25-13-9-21-43(49)36-44-22-10-14-26-50(44)58)38-46(30-28-40-17-5-2-6-18-40)52-32-31-51(45)59(53)60(52)54/h1-26,31-38H. The van der Waals surface area contributed by atoms with Gasteiger partial charge in [-0.3, -0.25) is 0 Å². The Balaban J connectivity index is 1.28. The van der Waals surface area contributed by atoms with E-state index in [1.54, 1.807) is 0 Å². The highest BCUT2D eigenvalue weighted by molar-refractivity contribution is 6.32. The van der Waals surface area contributed by atoms with Crippen LogP contribution in [0.3, 0.4) is 0 Å². The van der Waals surface area contributed by atoms with Gasteiger partial charge < -0.3 is 0 Å². The van der Waals surface area contributed by atoms with Gasteiger partial charge >= 0.3 is 0 Å². The van der Waals surface area contributed by atoms with Crippen molar-refractivity contribution in [3.8, 4) is 45.9 Å². The minimum Gasteiger partial charge on any atom is -0.0622 e. The number of hydrogen-bond acceptors (Lipinski definition) is 0. The summed E-state index contributed by atoms with van der Waals surface area (Å²) in [4.78, 5) is 0. The molecule has 0 bridgehead atoms. The van der Waals surface area contributed by atoms with Crippen LogP contribution in [0, 0.1) is 23.7 Å². The van der Waals surface area contributed by atoms with Gasteiger partial charge in [0.2, 0.25) is 0 Å². The van der Waals surface area contributed by atoms with E-state index < -0.39 is 0 Å². The van der Waals surface area contributed by atoms with Crippen LogP contribution in [0.2, 0.25) is 0 Å². The van der Waals surface area contributed by atoms with Crippen molar-refractivity contribution in [3.63, 3.8) is 0 Å². The molecule has 0 saturated heterocycles. The van der Waals surface area contributed by atoms with Gasteiger partial charge in [-0.25, -0.2) is 0 Å². The van der Waals surface area contributed by atoms with Gasteiger partial charge in [-0.05, 0) is 146 Å². The smallest absolute Gasteiger partial charge is 0.0334 e. The summed E-state index contributed by atoms with van der Waals surface area (Å²) in [5.74, 6) is 14.5. The van der Waals surface area contributed by atoms with E-state index >= 15 is 0 Å². The Morgan fingerprint density at radius 2 is 0.550 bits per heavy atom. The van der Waals surface area contributed by atoms with E-state index in [0.29, 0.717) is 0 Å². The third kappa shape index (κ3) is 5.44. The summed E-state index contributed by atoms with van der Waals surface area (Å²) in [6.07, 6.45) is 0. The normalized spacial score (nSPS) is 11.4. The van der Waals surface area contributed by atoms with Gasteiger partial charge in [0.05, 0.1) is 0 Å². The van der Waals surface area contributed by atoms with Crippen LogP contribution >= 0.6 is 0 Å². The molecule has 12 rings (SSSR count). The zero-order valence-corrected chi connectivity index (χ0v) is 32.6. The Morgan fingerprint density at radius 3 is 0.917 bits per heavy atom. The highest BCUT2D eigenvalue weighted by atomic mass is 14.2. The van der Waals surface area contributed by atoms with Crippen molar-refractivity contribution >= 4 is 75.4 Å². The van der Waals surface area contributed by atoms with Crippen molar-refractivity contribution < 1.29 is 0 Å². The summed E-state index contributed by atoms with van der Waals surface area (Å²) in [5, 5.41) is 16.9. The molecule has 0 aliphatic rings. The predicted octanol–water partition coefficient (Wildman–Crippen LogP) is 15.3. The maximum atomic E-state index is 3.70. The Morgan fingerprint density at radius 1 is 0.233 bits per heavy atom. The molecule has 0 saturated carbocycles. The topological polar surface area (TPSA) is 0 Å². The third-order valence-electron chi connectivity index (χ3n) is 12.2. The first-order chi connectivity index (χ1) is 29.8. The fourth-order valence-corrected chi connectivity index (χ4v) is 9.54. The zero-order valence-electron chi connectivity index (χ0n) is 32.6. The van der Waals surface area contributed by atoms with Crippen LogP contribution in [0.1, 0.15) is 22.3 Å². The zero-order chi connectivity index (χ0) is 39.6. The number of rotatable bonds is 2. The molecule has 0 nitrogen and oxygen atoms in total. The third-order valence-corrected chi connectivity index (χ3v) is 12.2. The van der Waals surface area contributed by atoms with Crippen molar-refractivity contribution in [2.24, 2.45) is 0 Å². The van der Waals surface area contributed by atoms with Gasteiger partial charge in [0, 0.05) is 22.3 Å². The molecule has 0 aliphatic heterocycles. The van der Waals surface area contributed by atoms with Crippen molar-refractivity contribution in [1.82, 2.24) is 0 Å². The highest BCUT2D eigenvalue weighted by Gasteiger charge is 2.22. The highest BCUT2D eigenvalue weighted by Crippen LogP contribution is 2.49. The molecule has 0 heteroatoms. The van der Waals surface area contributed by atoms with Gasteiger partial charge in [-0.1, -0.05) is 181 Å². The van der Waals surface area contributed by atoms with E-state index in [2.05, 4.69) is 218 Å². The van der Waals surface area contributed by atoms with Crippen LogP contribution in [0.15, 0.2) is 206 Å². The molecule has 0 aliphatic carbocycles. The molecular weight excluding hydrogens is 721 g/mol. The second kappa shape index (κ2) is 13.7. The molecule has 0 spiro atoms. The van der Waals surface area contributed by atoms with E-state index in [4.69, 9.17) is 0 Å².